The van der Waals surface area contributed by atoms with Gasteiger partial charge in [-0.1, -0.05) is 38.3 Å². The maximum atomic E-state index is 3.82. The Labute approximate surface area is 77.1 Å². The van der Waals surface area contributed by atoms with E-state index < -0.39 is 0 Å². The van der Waals surface area contributed by atoms with Gasteiger partial charge in [0.1, 0.15) is 0 Å². The predicted molar refractivity (Wildman–Crippen MR) is 54.9 cm³/mol. The first kappa shape index (κ1) is 9.83. The Hall–Kier alpha value is -0.260. The lowest BCUT2D eigenvalue weighted by Gasteiger charge is -2.25. The Kier molecular flexibility index (Phi) is 4.42. The zero-order valence-electron chi connectivity index (χ0n) is 8.26. The average molecular weight is 165 g/mol. The molecule has 1 aliphatic rings. The maximum absolute atomic E-state index is 3.82. The zero-order valence-corrected chi connectivity index (χ0v) is 8.26. The van der Waals surface area contributed by atoms with Crippen molar-refractivity contribution in [1.82, 2.24) is 0 Å². The molecule has 1 rings (SSSR count). The molecule has 1 unspecified atom stereocenters. The fourth-order valence-corrected chi connectivity index (χ4v) is 2.13. The van der Waals surface area contributed by atoms with Crippen LogP contribution in [-0.4, -0.2) is 0 Å². The Morgan fingerprint density at radius 2 is 2.00 bits per heavy atom. The van der Waals surface area contributed by atoms with E-state index in [4.69, 9.17) is 0 Å². The average Bonchev–Trinajstić information content (AvgIpc) is 2.15. The fourth-order valence-electron chi connectivity index (χ4n) is 2.13. The van der Waals surface area contributed by atoms with Crippen molar-refractivity contribution < 1.29 is 0 Å². The van der Waals surface area contributed by atoms with Gasteiger partial charge in [0.05, 0.1) is 0 Å². The van der Waals surface area contributed by atoms with Crippen molar-refractivity contribution >= 4 is 0 Å². The lowest BCUT2D eigenvalue weighted by atomic mass is 9.81. The summed E-state index contributed by atoms with van der Waals surface area (Å²) < 4.78 is 0. The van der Waals surface area contributed by atoms with Crippen molar-refractivity contribution in [2.24, 2.45) is 11.8 Å². The molecular weight excluding hydrogens is 144 g/mol. The van der Waals surface area contributed by atoms with E-state index in [0.717, 1.165) is 18.3 Å². The number of hydrogen-bond acceptors (Lipinski definition) is 0. The van der Waals surface area contributed by atoms with Crippen LogP contribution in [0.2, 0.25) is 0 Å². The van der Waals surface area contributed by atoms with E-state index in [9.17, 15) is 0 Å². The van der Waals surface area contributed by atoms with Crippen LogP contribution in [0.15, 0.2) is 12.2 Å². The molecule has 0 bridgehead atoms. The Morgan fingerprint density at radius 3 is 2.58 bits per heavy atom. The van der Waals surface area contributed by atoms with Crippen molar-refractivity contribution in [2.75, 3.05) is 0 Å². The van der Waals surface area contributed by atoms with Crippen molar-refractivity contribution in [3.05, 3.63) is 19.1 Å². The first-order chi connectivity index (χ1) is 5.84. The second-order valence-electron chi connectivity index (χ2n) is 3.97. The molecule has 1 aliphatic carbocycles. The zero-order chi connectivity index (χ0) is 8.81. The Morgan fingerprint density at radius 1 is 1.33 bits per heavy atom. The van der Waals surface area contributed by atoms with E-state index in [0.29, 0.717) is 0 Å². The Balaban J connectivity index is 2.29. The molecule has 0 saturated heterocycles. The predicted octanol–water partition coefficient (Wildman–Crippen LogP) is 3.98. The van der Waals surface area contributed by atoms with Gasteiger partial charge >= 0.3 is 0 Å². The molecule has 0 aliphatic heterocycles. The van der Waals surface area contributed by atoms with Crippen molar-refractivity contribution in [2.45, 2.75) is 45.4 Å². The Bertz CT molecular complexity index is 129. The summed E-state index contributed by atoms with van der Waals surface area (Å²) in [6, 6.07) is 0. The van der Waals surface area contributed by atoms with Gasteiger partial charge in [0.15, 0.2) is 0 Å². The van der Waals surface area contributed by atoms with Gasteiger partial charge in [0.25, 0.3) is 0 Å². The molecule has 1 fully saturated rings. The monoisotopic (exact) mass is 165 g/mol. The lowest BCUT2D eigenvalue weighted by Crippen LogP contribution is -2.13. The summed E-state index contributed by atoms with van der Waals surface area (Å²) in [4.78, 5) is 0. The van der Waals surface area contributed by atoms with Gasteiger partial charge in [0, 0.05) is 0 Å². The molecule has 0 N–H and O–H groups in total. The minimum Gasteiger partial charge on any atom is -0.0883 e. The van der Waals surface area contributed by atoms with E-state index in [1.807, 2.05) is 0 Å². The quantitative estimate of drug-likeness (QED) is 0.555. The van der Waals surface area contributed by atoms with Crippen LogP contribution in [-0.2, 0) is 0 Å². The van der Waals surface area contributed by atoms with Gasteiger partial charge in [-0.25, -0.2) is 0 Å². The summed E-state index contributed by atoms with van der Waals surface area (Å²) in [5.41, 5.74) is 0. The third kappa shape index (κ3) is 3.00. The van der Waals surface area contributed by atoms with Crippen LogP contribution < -0.4 is 0 Å². The second kappa shape index (κ2) is 5.40. The molecule has 0 heterocycles. The van der Waals surface area contributed by atoms with Crippen molar-refractivity contribution in [3.63, 3.8) is 0 Å². The SMILES string of the molecule is [CH2]C/C=C/C(C)C1CCCCC1. The molecule has 69 valence electrons. The van der Waals surface area contributed by atoms with Crippen molar-refractivity contribution in [1.29, 1.82) is 0 Å². The third-order valence-corrected chi connectivity index (χ3v) is 3.00. The van der Waals surface area contributed by atoms with Crippen LogP contribution in [0.1, 0.15) is 45.4 Å². The minimum absolute atomic E-state index is 0.784. The topological polar surface area (TPSA) is 0 Å². The molecule has 0 heteroatoms. The highest BCUT2D eigenvalue weighted by Gasteiger charge is 2.17. The van der Waals surface area contributed by atoms with Gasteiger partial charge in [-0.05, 0) is 38.0 Å². The fraction of sp³-hybridized carbons (Fsp3) is 0.750. The maximum Gasteiger partial charge on any atom is -0.0234 e. The summed E-state index contributed by atoms with van der Waals surface area (Å²) in [5.74, 6) is 1.74. The van der Waals surface area contributed by atoms with Crippen LogP contribution >= 0.6 is 0 Å². The molecule has 0 aromatic heterocycles. The molecule has 0 spiro atoms. The van der Waals surface area contributed by atoms with Gasteiger partial charge in [-0.15, -0.1) is 0 Å². The van der Waals surface area contributed by atoms with Crippen LogP contribution in [0, 0.1) is 18.8 Å². The van der Waals surface area contributed by atoms with Gasteiger partial charge in [-0.3, -0.25) is 0 Å². The van der Waals surface area contributed by atoms with E-state index in [2.05, 4.69) is 26.0 Å². The van der Waals surface area contributed by atoms with Gasteiger partial charge in [0.2, 0.25) is 0 Å². The molecule has 12 heavy (non-hydrogen) atoms. The van der Waals surface area contributed by atoms with E-state index in [1.165, 1.54) is 32.1 Å². The summed E-state index contributed by atoms with van der Waals surface area (Å²) in [7, 11) is 0. The first-order valence-electron chi connectivity index (χ1n) is 5.30. The highest BCUT2D eigenvalue weighted by Crippen LogP contribution is 2.30. The molecule has 1 radical (unpaired) electrons. The van der Waals surface area contributed by atoms with Gasteiger partial charge in [-0.2, -0.15) is 0 Å². The first-order valence-corrected chi connectivity index (χ1v) is 5.30. The molecule has 1 saturated carbocycles. The van der Waals surface area contributed by atoms with Gasteiger partial charge < -0.3 is 0 Å². The van der Waals surface area contributed by atoms with Crippen LogP contribution in [0.5, 0.6) is 0 Å². The molecule has 1 atom stereocenters. The summed E-state index contributed by atoms with van der Waals surface area (Å²) in [6.07, 6.45) is 12.8. The molecular formula is C12H21. The van der Waals surface area contributed by atoms with Crippen LogP contribution in [0.4, 0.5) is 0 Å². The summed E-state index contributed by atoms with van der Waals surface area (Å²) >= 11 is 0. The number of hydrogen-bond donors (Lipinski definition) is 0. The highest BCUT2D eigenvalue weighted by atomic mass is 14.2. The standard InChI is InChI=1S/C12H21/c1-3-4-8-11(2)12-9-6-5-7-10-12/h4,8,11-12H,1,3,5-7,9-10H2,2H3/b8-4+. The van der Waals surface area contributed by atoms with Crippen LogP contribution in [0.25, 0.3) is 0 Å². The third-order valence-electron chi connectivity index (χ3n) is 3.00. The highest BCUT2D eigenvalue weighted by molar-refractivity contribution is 4.90. The van der Waals surface area contributed by atoms with E-state index in [-0.39, 0.29) is 0 Å². The minimum atomic E-state index is 0.784. The largest absolute Gasteiger partial charge is 0.0883 e. The smallest absolute Gasteiger partial charge is 0.0234 e. The normalized spacial score (nSPS) is 23.2. The van der Waals surface area contributed by atoms with Crippen LogP contribution in [0.3, 0.4) is 0 Å². The van der Waals surface area contributed by atoms with Crippen molar-refractivity contribution in [3.8, 4) is 0 Å². The molecule has 0 nitrogen and oxygen atoms in total. The summed E-state index contributed by atoms with van der Waals surface area (Å²) in [6.45, 7) is 6.17. The summed E-state index contributed by atoms with van der Waals surface area (Å²) in [5, 5.41) is 0. The molecule has 0 amide bonds. The van der Waals surface area contributed by atoms with E-state index in [1.54, 1.807) is 0 Å². The van der Waals surface area contributed by atoms with E-state index >= 15 is 0 Å². The lowest BCUT2D eigenvalue weighted by molar-refractivity contribution is 0.299. The molecule has 0 aromatic carbocycles. The molecule has 0 aromatic rings. The number of rotatable bonds is 3. The number of allylic oxidation sites excluding steroid dienone is 2. The second-order valence-corrected chi connectivity index (χ2v) is 3.97.